The number of alkyl halides is 1. The van der Waals surface area contributed by atoms with E-state index in [0.717, 1.165) is 6.07 Å². The molecule has 0 spiro atoms. The lowest BCUT2D eigenvalue weighted by molar-refractivity contribution is 0.0983. The van der Waals surface area contributed by atoms with E-state index < -0.39 is 11.6 Å². The third-order valence-corrected chi connectivity index (χ3v) is 1.99. The van der Waals surface area contributed by atoms with Gasteiger partial charge in [0.2, 0.25) is 0 Å². The molecule has 1 N–H and O–H groups in total. The molecule has 2 nitrogen and oxygen atoms in total. The summed E-state index contributed by atoms with van der Waals surface area (Å²) < 4.78 is 13.0. The molecule has 4 heteroatoms. The summed E-state index contributed by atoms with van der Waals surface area (Å²) >= 11 is 3.07. The van der Waals surface area contributed by atoms with E-state index in [-0.39, 0.29) is 17.7 Å². The van der Waals surface area contributed by atoms with Gasteiger partial charge in [0, 0.05) is 11.8 Å². The van der Waals surface area contributed by atoms with Crippen molar-refractivity contribution in [3.05, 3.63) is 29.6 Å². The van der Waals surface area contributed by atoms with E-state index in [4.69, 9.17) is 0 Å². The highest BCUT2D eigenvalue weighted by Gasteiger charge is 2.14. The van der Waals surface area contributed by atoms with E-state index in [9.17, 15) is 14.3 Å². The van der Waals surface area contributed by atoms with E-state index >= 15 is 0 Å². The van der Waals surface area contributed by atoms with Crippen LogP contribution in [0.2, 0.25) is 0 Å². The first-order chi connectivity index (χ1) is 6.16. The van der Waals surface area contributed by atoms with Crippen LogP contribution in [0.1, 0.15) is 16.8 Å². The minimum absolute atomic E-state index is 0.175. The predicted molar refractivity (Wildman–Crippen MR) is 50.8 cm³/mol. The molecule has 70 valence electrons. The molecule has 0 fully saturated rings. The fourth-order valence-electron chi connectivity index (χ4n) is 1.000. The van der Waals surface area contributed by atoms with Crippen LogP contribution in [0.3, 0.4) is 0 Å². The first-order valence-corrected chi connectivity index (χ1v) is 4.85. The SMILES string of the molecule is O=C(CCBr)c1c(O)cccc1F. The molecule has 0 heterocycles. The lowest BCUT2D eigenvalue weighted by atomic mass is 10.1. The zero-order valence-electron chi connectivity index (χ0n) is 6.76. The average Bonchev–Trinajstić information content (AvgIpc) is 2.04. The molecule has 0 amide bonds. The molecule has 1 rings (SSSR count). The molecule has 0 aromatic heterocycles. The molecule has 13 heavy (non-hydrogen) atoms. The molecular weight excluding hydrogens is 239 g/mol. The summed E-state index contributed by atoms with van der Waals surface area (Å²) in [4.78, 5) is 11.3. The number of hydrogen-bond donors (Lipinski definition) is 1. The molecule has 0 saturated heterocycles. The summed E-state index contributed by atoms with van der Waals surface area (Å²) in [5.41, 5.74) is -0.220. The number of hydrogen-bond acceptors (Lipinski definition) is 2. The Hall–Kier alpha value is -0.900. The summed E-state index contributed by atoms with van der Waals surface area (Å²) in [6.07, 6.45) is 0.175. The van der Waals surface area contributed by atoms with Crippen LogP contribution in [0.15, 0.2) is 18.2 Å². The Morgan fingerprint density at radius 2 is 2.23 bits per heavy atom. The molecule has 0 radical (unpaired) electrons. The molecule has 1 aromatic carbocycles. The average molecular weight is 247 g/mol. The van der Waals surface area contributed by atoms with Gasteiger partial charge in [-0.2, -0.15) is 0 Å². The van der Waals surface area contributed by atoms with Crippen molar-refractivity contribution in [1.29, 1.82) is 0 Å². The van der Waals surface area contributed by atoms with Gasteiger partial charge in [-0.05, 0) is 12.1 Å². The molecule has 0 aliphatic carbocycles. The zero-order chi connectivity index (χ0) is 9.84. The van der Waals surface area contributed by atoms with Crippen LogP contribution in [0.4, 0.5) is 4.39 Å². The number of rotatable bonds is 3. The number of ketones is 1. The Morgan fingerprint density at radius 3 is 2.77 bits per heavy atom. The van der Waals surface area contributed by atoms with Gasteiger partial charge in [0.25, 0.3) is 0 Å². The van der Waals surface area contributed by atoms with Gasteiger partial charge >= 0.3 is 0 Å². The van der Waals surface area contributed by atoms with Gasteiger partial charge in [-0.25, -0.2) is 4.39 Å². The topological polar surface area (TPSA) is 37.3 Å². The number of carbonyl (C=O) groups excluding carboxylic acids is 1. The van der Waals surface area contributed by atoms with Gasteiger partial charge in [0.1, 0.15) is 11.6 Å². The second-order valence-corrected chi connectivity index (χ2v) is 3.29. The maximum atomic E-state index is 13.0. The standard InChI is InChI=1S/C9H8BrFO2/c10-5-4-8(13)9-6(11)2-1-3-7(9)12/h1-3,12H,4-5H2. The van der Waals surface area contributed by atoms with Crippen LogP contribution in [0, 0.1) is 5.82 Å². The van der Waals surface area contributed by atoms with E-state index in [0.29, 0.717) is 5.33 Å². The Balaban J connectivity index is 3.05. The zero-order valence-corrected chi connectivity index (χ0v) is 8.34. The minimum Gasteiger partial charge on any atom is -0.507 e. The molecule has 0 aliphatic rings. The maximum Gasteiger partial charge on any atom is 0.170 e. The normalized spacial score (nSPS) is 10.0. The third kappa shape index (κ3) is 2.28. The van der Waals surface area contributed by atoms with E-state index in [2.05, 4.69) is 15.9 Å². The van der Waals surface area contributed by atoms with Gasteiger partial charge < -0.3 is 5.11 Å². The predicted octanol–water partition coefficient (Wildman–Crippen LogP) is 2.50. The first-order valence-electron chi connectivity index (χ1n) is 3.73. The van der Waals surface area contributed by atoms with Crippen molar-refractivity contribution >= 4 is 21.7 Å². The van der Waals surface area contributed by atoms with E-state index in [1.807, 2.05) is 0 Å². The first kappa shape index (κ1) is 10.2. The number of halogens is 2. The summed E-state index contributed by atoms with van der Waals surface area (Å²) in [7, 11) is 0. The van der Waals surface area contributed by atoms with Crippen LogP contribution >= 0.6 is 15.9 Å². The van der Waals surface area contributed by atoms with Crippen LogP contribution < -0.4 is 0 Å². The molecule has 0 atom stereocenters. The van der Waals surface area contributed by atoms with Gasteiger partial charge in [-0.1, -0.05) is 22.0 Å². The smallest absolute Gasteiger partial charge is 0.170 e. The lowest BCUT2D eigenvalue weighted by Gasteiger charge is -2.02. The number of Topliss-reactive ketones (excluding diaryl/α,β-unsaturated/α-hetero) is 1. The monoisotopic (exact) mass is 246 g/mol. The van der Waals surface area contributed by atoms with Crippen molar-refractivity contribution < 1.29 is 14.3 Å². The Kier molecular flexibility index (Phi) is 3.42. The molecule has 0 saturated carbocycles. The third-order valence-electron chi connectivity index (χ3n) is 1.59. The second kappa shape index (κ2) is 4.37. The number of benzene rings is 1. The van der Waals surface area contributed by atoms with Gasteiger partial charge in [0.05, 0.1) is 5.56 Å². The summed E-state index contributed by atoms with van der Waals surface area (Å²) in [6.45, 7) is 0. The van der Waals surface area contributed by atoms with Crippen molar-refractivity contribution in [2.24, 2.45) is 0 Å². The van der Waals surface area contributed by atoms with Crippen molar-refractivity contribution in [2.45, 2.75) is 6.42 Å². The van der Waals surface area contributed by atoms with Crippen molar-refractivity contribution in [3.63, 3.8) is 0 Å². The van der Waals surface area contributed by atoms with Crippen LogP contribution in [0.5, 0.6) is 5.75 Å². The van der Waals surface area contributed by atoms with Crippen molar-refractivity contribution in [3.8, 4) is 5.75 Å². The van der Waals surface area contributed by atoms with Gasteiger partial charge in [0.15, 0.2) is 5.78 Å². The van der Waals surface area contributed by atoms with Crippen LogP contribution in [-0.4, -0.2) is 16.2 Å². The molecule has 0 bridgehead atoms. The molecule has 0 aliphatic heterocycles. The lowest BCUT2D eigenvalue weighted by Crippen LogP contribution is -2.03. The van der Waals surface area contributed by atoms with Gasteiger partial charge in [-0.15, -0.1) is 0 Å². The van der Waals surface area contributed by atoms with Crippen molar-refractivity contribution in [1.82, 2.24) is 0 Å². The Bertz CT molecular complexity index is 305. The van der Waals surface area contributed by atoms with Gasteiger partial charge in [-0.3, -0.25) is 4.79 Å². The summed E-state index contributed by atoms with van der Waals surface area (Å²) in [5.74, 6) is -1.37. The van der Waals surface area contributed by atoms with E-state index in [1.165, 1.54) is 12.1 Å². The Morgan fingerprint density at radius 1 is 1.54 bits per heavy atom. The van der Waals surface area contributed by atoms with E-state index in [1.54, 1.807) is 0 Å². The van der Waals surface area contributed by atoms with Crippen LogP contribution in [0.25, 0.3) is 0 Å². The summed E-state index contributed by atoms with van der Waals surface area (Å²) in [6, 6.07) is 3.81. The number of phenolic OH excluding ortho intramolecular Hbond substituents is 1. The minimum atomic E-state index is -0.675. The van der Waals surface area contributed by atoms with Crippen molar-refractivity contribution in [2.75, 3.05) is 5.33 Å². The van der Waals surface area contributed by atoms with Crippen LogP contribution in [-0.2, 0) is 0 Å². The molecular formula is C9H8BrFO2. The fourth-order valence-corrected chi connectivity index (χ4v) is 1.36. The summed E-state index contributed by atoms with van der Waals surface area (Å²) in [5, 5.41) is 9.67. The highest BCUT2D eigenvalue weighted by atomic mass is 79.9. The number of aromatic hydroxyl groups is 1. The highest BCUT2D eigenvalue weighted by molar-refractivity contribution is 9.09. The molecule has 0 unspecified atom stereocenters. The Labute approximate surface area is 83.5 Å². The quantitative estimate of drug-likeness (QED) is 0.658. The fraction of sp³-hybridized carbons (Fsp3) is 0.222. The molecule has 1 aromatic rings. The number of carbonyl (C=O) groups is 1. The second-order valence-electron chi connectivity index (χ2n) is 2.50. The largest absolute Gasteiger partial charge is 0.507 e. The highest BCUT2D eigenvalue weighted by Crippen LogP contribution is 2.21. The maximum absolute atomic E-state index is 13.0. The number of phenols is 1.